The highest BCUT2D eigenvalue weighted by molar-refractivity contribution is 5.67. The number of methoxy groups -OCH3 is 2. The van der Waals surface area contributed by atoms with Crippen LogP contribution in [-0.2, 0) is 6.61 Å². The van der Waals surface area contributed by atoms with Crippen molar-refractivity contribution in [3.63, 3.8) is 0 Å². The van der Waals surface area contributed by atoms with E-state index in [-0.39, 0.29) is 6.61 Å². The van der Waals surface area contributed by atoms with Gasteiger partial charge in [0.1, 0.15) is 17.3 Å². The van der Waals surface area contributed by atoms with E-state index in [4.69, 9.17) is 14.6 Å². The predicted octanol–water partition coefficient (Wildman–Crippen LogP) is 1.89. The molecule has 0 saturated carbocycles. The van der Waals surface area contributed by atoms with Gasteiger partial charge in [-0.1, -0.05) is 0 Å². The number of aromatic amines is 1. The molecule has 0 atom stereocenters. The van der Waals surface area contributed by atoms with Gasteiger partial charge in [-0.05, 0) is 25.1 Å². The van der Waals surface area contributed by atoms with E-state index < -0.39 is 0 Å². The fourth-order valence-corrected chi connectivity index (χ4v) is 1.78. The lowest BCUT2D eigenvalue weighted by molar-refractivity contribution is 0.276. The molecular weight excluding hydrogens is 232 g/mol. The number of hydrogen-bond donors (Lipinski definition) is 2. The first-order valence-electron chi connectivity index (χ1n) is 5.58. The van der Waals surface area contributed by atoms with E-state index in [1.807, 2.05) is 25.1 Å². The zero-order valence-corrected chi connectivity index (χ0v) is 10.7. The normalized spacial score (nSPS) is 10.4. The number of nitrogens with zero attached hydrogens (tertiary/aromatic N) is 1. The zero-order chi connectivity index (χ0) is 13.1. The van der Waals surface area contributed by atoms with Crippen LogP contribution in [-0.4, -0.2) is 29.3 Å². The Bertz CT molecular complexity index is 549. The molecule has 1 aromatic heterocycles. The van der Waals surface area contributed by atoms with Crippen molar-refractivity contribution < 1.29 is 14.6 Å². The van der Waals surface area contributed by atoms with Crippen LogP contribution in [0, 0.1) is 6.92 Å². The van der Waals surface area contributed by atoms with Crippen LogP contribution in [0.3, 0.4) is 0 Å². The molecule has 2 aromatic rings. The molecule has 2 N–H and O–H groups in total. The van der Waals surface area contributed by atoms with E-state index in [1.165, 1.54) is 0 Å². The van der Waals surface area contributed by atoms with Crippen molar-refractivity contribution in [1.29, 1.82) is 0 Å². The first-order chi connectivity index (χ1) is 8.69. The van der Waals surface area contributed by atoms with Gasteiger partial charge in [0.05, 0.1) is 32.1 Å². The van der Waals surface area contributed by atoms with E-state index in [0.29, 0.717) is 17.3 Å². The number of aliphatic hydroxyl groups excluding tert-OH is 1. The van der Waals surface area contributed by atoms with Crippen LogP contribution >= 0.6 is 0 Å². The van der Waals surface area contributed by atoms with Crippen LogP contribution in [0.4, 0.5) is 0 Å². The third kappa shape index (κ3) is 2.17. The third-order valence-electron chi connectivity index (χ3n) is 2.80. The summed E-state index contributed by atoms with van der Waals surface area (Å²) in [6.45, 7) is 1.78. The maximum Gasteiger partial charge on any atom is 0.141 e. The second kappa shape index (κ2) is 5.10. The SMILES string of the molecule is COc1ccc(OC)c(-c2nc(CO)c(C)[nH]2)c1. The van der Waals surface area contributed by atoms with Crippen LogP contribution in [0.1, 0.15) is 11.4 Å². The number of ether oxygens (including phenoxy) is 2. The number of nitrogens with one attached hydrogen (secondary N) is 1. The topological polar surface area (TPSA) is 67.4 Å². The number of aliphatic hydroxyl groups is 1. The molecule has 5 nitrogen and oxygen atoms in total. The van der Waals surface area contributed by atoms with Gasteiger partial charge in [-0.3, -0.25) is 0 Å². The second-order valence-electron chi connectivity index (χ2n) is 3.88. The van der Waals surface area contributed by atoms with Gasteiger partial charge < -0.3 is 19.6 Å². The summed E-state index contributed by atoms with van der Waals surface area (Å²) in [7, 11) is 3.21. The smallest absolute Gasteiger partial charge is 0.141 e. The van der Waals surface area contributed by atoms with Crippen molar-refractivity contribution in [1.82, 2.24) is 9.97 Å². The van der Waals surface area contributed by atoms with Crippen molar-refractivity contribution >= 4 is 0 Å². The van der Waals surface area contributed by atoms with Gasteiger partial charge in [0.2, 0.25) is 0 Å². The molecule has 0 aliphatic rings. The number of aromatic nitrogens is 2. The molecule has 5 heteroatoms. The van der Waals surface area contributed by atoms with E-state index in [9.17, 15) is 0 Å². The van der Waals surface area contributed by atoms with Gasteiger partial charge in [-0.2, -0.15) is 0 Å². The minimum atomic E-state index is -0.0887. The molecular formula is C13H16N2O3. The molecule has 0 saturated heterocycles. The molecule has 18 heavy (non-hydrogen) atoms. The summed E-state index contributed by atoms with van der Waals surface area (Å²) < 4.78 is 10.5. The average molecular weight is 248 g/mol. The molecule has 1 aromatic carbocycles. The van der Waals surface area contributed by atoms with Gasteiger partial charge in [0.15, 0.2) is 0 Å². The Morgan fingerprint density at radius 1 is 1.28 bits per heavy atom. The molecule has 0 bridgehead atoms. The third-order valence-corrected chi connectivity index (χ3v) is 2.80. The number of aryl methyl sites for hydroxylation is 1. The monoisotopic (exact) mass is 248 g/mol. The quantitative estimate of drug-likeness (QED) is 0.867. The summed E-state index contributed by atoms with van der Waals surface area (Å²) >= 11 is 0. The fraction of sp³-hybridized carbons (Fsp3) is 0.308. The highest BCUT2D eigenvalue weighted by Gasteiger charge is 2.13. The lowest BCUT2D eigenvalue weighted by Gasteiger charge is -2.08. The van der Waals surface area contributed by atoms with Crippen molar-refractivity contribution in [3.05, 3.63) is 29.6 Å². The van der Waals surface area contributed by atoms with Crippen LogP contribution in [0.2, 0.25) is 0 Å². The maximum atomic E-state index is 9.17. The Balaban J connectivity index is 2.53. The summed E-state index contributed by atoms with van der Waals surface area (Å²) in [4.78, 5) is 7.47. The molecule has 0 fully saturated rings. The molecule has 2 rings (SSSR count). The maximum absolute atomic E-state index is 9.17. The molecule has 0 spiro atoms. The lowest BCUT2D eigenvalue weighted by atomic mass is 10.2. The lowest BCUT2D eigenvalue weighted by Crippen LogP contribution is -1.91. The first kappa shape index (κ1) is 12.4. The minimum absolute atomic E-state index is 0.0887. The molecule has 96 valence electrons. The number of imidazole rings is 1. The van der Waals surface area contributed by atoms with E-state index >= 15 is 0 Å². The second-order valence-corrected chi connectivity index (χ2v) is 3.88. The molecule has 0 radical (unpaired) electrons. The summed E-state index contributed by atoms with van der Waals surface area (Å²) in [6, 6.07) is 5.49. The largest absolute Gasteiger partial charge is 0.497 e. The van der Waals surface area contributed by atoms with Gasteiger partial charge in [-0.15, -0.1) is 0 Å². The highest BCUT2D eigenvalue weighted by Crippen LogP contribution is 2.32. The fourth-order valence-electron chi connectivity index (χ4n) is 1.78. The van der Waals surface area contributed by atoms with Gasteiger partial charge in [-0.25, -0.2) is 4.98 Å². The van der Waals surface area contributed by atoms with E-state index in [1.54, 1.807) is 14.2 Å². The predicted molar refractivity (Wildman–Crippen MR) is 67.8 cm³/mol. The van der Waals surface area contributed by atoms with Crippen LogP contribution < -0.4 is 9.47 Å². The van der Waals surface area contributed by atoms with Crippen LogP contribution in [0.5, 0.6) is 11.5 Å². The molecule has 1 heterocycles. The highest BCUT2D eigenvalue weighted by atomic mass is 16.5. The molecule has 0 aliphatic carbocycles. The molecule has 0 aliphatic heterocycles. The van der Waals surface area contributed by atoms with Gasteiger partial charge >= 0.3 is 0 Å². The summed E-state index contributed by atoms with van der Waals surface area (Å²) in [5.74, 6) is 2.09. The van der Waals surface area contributed by atoms with Crippen LogP contribution in [0.15, 0.2) is 18.2 Å². The Labute approximate surface area is 105 Å². The number of benzene rings is 1. The molecule has 0 amide bonds. The molecule has 0 unspecified atom stereocenters. The van der Waals surface area contributed by atoms with E-state index in [2.05, 4.69) is 9.97 Å². The number of hydrogen-bond acceptors (Lipinski definition) is 4. The summed E-state index contributed by atoms with van der Waals surface area (Å²) in [5, 5.41) is 9.17. The number of H-pyrrole nitrogens is 1. The van der Waals surface area contributed by atoms with Crippen LogP contribution in [0.25, 0.3) is 11.4 Å². The minimum Gasteiger partial charge on any atom is -0.497 e. The number of rotatable bonds is 4. The van der Waals surface area contributed by atoms with Gasteiger partial charge in [0.25, 0.3) is 0 Å². The van der Waals surface area contributed by atoms with Crippen molar-refractivity contribution in [2.45, 2.75) is 13.5 Å². The Kier molecular flexibility index (Phi) is 3.53. The Hall–Kier alpha value is -2.01. The zero-order valence-electron chi connectivity index (χ0n) is 10.7. The average Bonchev–Trinajstić information content (AvgIpc) is 2.79. The Morgan fingerprint density at radius 3 is 2.61 bits per heavy atom. The standard InChI is InChI=1S/C13H16N2O3/c1-8-11(7-16)15-13(14-8)10-6-9(17-2)4-5-12(10)18-3/h4-6,16H,7H2,1-3H3,(H,14,15). The van der Waals surface area contributed by atoms with Gasteiger partial charge in [0, 0.05) is 5.69 Å². The Morgan fingerprint density at radius 2 is 2.06 bits per heavy atom. The summed E-state index contributed by atoms with van der Waals surface area (Å²) in [5.41, 5.74) is 2.28. The van der Waals surface area contributed by atoms with Crippen molar-refractivity contribution in [3.8, 4) is 22.9 Å². The van der Waals surface area contributed by atoms with Crippen molar-refractivity contribution in [2.75, 3.05) is 14.2 Å². The summed E-state index contributed by atoms with van der Waals surface area (Å²) in [6.07, 6.45) is 0. The van der Waals surface area contributed by atoms with Crippen molar-refractivity contribution in [2.24, 2.45) is 0 Å². The van der Waals surface area contributed by atoms with E-state index in [0.717, 1.165) is 17.0 Å². The first-order valence-corrected chi connectivity index (χ1v) is 5.58.